The molecule has 3 rings (SSSR count). The lowest BCUT2D eigenvalue weighted by atomic mass is 10.1. The van der Waals surface area contributed by atoms with E-state index in [-0.39, 0.29) is 5.57 Å². The predicted octanol–water partition coefficient (Wildman–Crippen LogP) is 5.23. The molecule has 0 atom stereocenters. The quantitative estimate of drug-likeness (QED) is 0.473. The third-order valence-electron chi connectivity index (χ3n) is 4.01. The van der Waals surface area contributed by atoms with Crippen molar-refractivity contribution in [3.8, 4) is 12.1 Å². The number of fused-ring (bicyclic) bond motifs is 1. The molecule has 0 amide bonds. The van der Waals surface area contributed by atoms with E-state index in [0.29, 0.717) is 0 Å². The summed E-state index contributed by atoms with van der Waals surface area (Å²) in [7, 11) is 0. The van der Waals surface area contributed by atoms with Crippen molar-refractivity contribution >= 4 is 17.0 Å². The SMILES string of the molecule is N#CC(C#N)=C/C=C/C=C/c1ccc2c(ccn2Cc2ccccc2)c1. The van der Waals surface area contributed by atoms with E-state index in [1.165, 1.54) is 22.5 Å². The average Bonchev–Trinajstić information content (AvgIpc) is 3.07. The van der Waals surface area contributed by atoms with Gasteiger partial charge in [0.05, 0.1) is 0 Å². The molecular weight excluding hydrogens is 318 g/mol. The standard InChI is InChI=1S/C23H17N3/c24-16-21(17-25)10-6-1-3-7-19-11-12-23-22(15-19)13-14-26(23)18-20-8-4-2-5-9-20/h1-15H,18H2/b6-1+,7-3+. The zero-order chi connectivity index (χ0) is 18.2. The van der Waals surface area contributed by atoms with Gasteiger partial charge in [0, 0.05) is 23.6 Å². The fourth-order valence-electron chi connectivity index (χ4n) is 2.72. The molecule has 0 radical (unpaired) electrons. The molecule has 0 aliphatic rings. The molecule has 0 saturated carbocycles. The Morgan fingerprint density at radius 1 is 0.923 bits per heavy atom. The number of nitrogens with zero attached hydrogens (tertiary/aromatic N) is 3. The minimum Gasteiger partial charge on any atom is -0.343 e. The van der Waals surface area contributed by atoms with Crippen molar-refractivity contribution in [3.63, 3.8) is 0 Å². The summed E-state index contributed by atoms with van der Waals surface area (Å²) in [5, 5.41) is 18.5. The molecule has 0 N–H and O–H groups in total. The molecule has 0 aliphatic heterocycles. The Kier molecular flexibility index (Phi) is 5.45. The highest BCUT2D eigenvalue weighted by Crippen LogP contribution is 2.20. The Balaban J connectivity index is 1.74. The molecule has 0 bridgehead atoms. The lowest BCUT2D eigenvalue weighted by molar-refractivity contribution is 0.837. The van der Waals surface area contributed by atoms with Crippen LogP contribution >= 0.6 is 0 Å². The smallest absolute Gasteiger partial charge is 0.129 e. The maximum atomic E-state index is 8.66. The Morgan fingerprint density at radius 3 is 2.50 bits per heavy atom. The average molecular weight is 335 g/mol. The molecule has 0 spiro atoms. The van der Waals surface area contributed by atoms with Gasteiger partial charge in [-0.1, -0.05) is 60.7 Å². The minimum atomic E-state index is 0.0934. The fourth-order valence-corrected chi connectivity index (χ4v) is 2.72. The fraction of sp³-hybridized carbons (Fsp3) is 0.0435. The Morgan fingerprint density at radius 2 is 1.73 bits per heavy atom. The molecule has 0 unspecified atom stereocenters. The first-order valence-electron chi connectivity index (χ1n) is 8.28. The Hall–Kier alpha value is -3.82. The molecule has 3 heteroatoms. The van der Waals surface area contributed by atoms with E-state index in [1.807, 2.05) is 30.4 Å². The van der Waals surface area contributed by atoms with Crippen LogP contribution in [0.4, 0.5) is 0 Å². The minimum absolute atomic E-state index is 0.0934. The van der Waals surface area contributed by atoms with Crippen LogP contribution in [0.2, 0.25) is 0 Å². The van der Waals surface area contributed by atoms with Crippen LogP contribution in [-0.2, 0) is 6.54 Å². The first-order chi connectivity index (χ1) is 12.8. The van der Waals surface area contributed by atoms with Crippen LogP contribution in [0.15, 0.2) is 90.7 Å². The van der Waals surface area contributed by atoms with Crippen molar-refractivity contribution < 1.29 is 0 Å². The first-order valence-corrected chi connectivity index (χ1v) is 8.28. The third-order valence-corrected chi connectivity index (χ3v) is 4.01. The van der Waals surface area contributed by atoms with Crippen molar-refractivity contribution in [2.45, 2.75) is 6.54 Å². The maximum Gasteiger partial charge on any atom is 0.129 e. The lowest BCUT2D eigenvalue weighted by Gasteiger charge is -2.06. The van der Waals surface area contributed by atoms with Gasteiger partial charge in [0.25, 0.3) is 0 Å². The van der Waals surface area contributed by atoms with Gasteiger partial charge in [-0.2, -0.15) is 10.5 Å². The summed E-state index contributed by atoms with van der Waals surface area (Å²) >= 11 is 0. The van der Waals surface area contributed by atoms with Crippen LogP contribution in [0.25, 0.3) is 17.0 Å². The molecule has 3 nitrogen and oxygen atoms in total. The monoisotopic (exact) mass is 335 g/mol. The van der Waals surface area contributed by atoms with Crippen molar-refractivity contribution in [3.05, 3.63) is 102 Å². The number of allylic oxidation sites excluding steroid dienone is 5. The van der Waals surface area contributed by atoms with Crippen molar-refractivity contribution in [1.82, 2.24) is 4.57 Å². The number of aromatic nitrogens is 1. The summed E-state index contributed by atoms with van der Waals surface area (Å²) in [6.45, 7) is 0.856. The van der Waals surface area contributed by atoms with Gasteiger partial charge in [-0.3, -0.25) is 0 Å². The summed E-state index contributed by atoms with van der Waals surface area (Å²) in [6, 6.07) is 22.5. The van der Waals surface area contributed by atoms with Crippen LogP contribution in [0, 0.1) is 22.7 Å². The molecule has 2 aromatic carbocycles. The molecule has 0 saturated heterocycles. The maximum absolute atomic E-state index is 8.66. The van der Waals surface area contributed by atoms with Crippen LogP contribution in [0.5, 0.6) is 0 Å². The second-order valence-corrected chi connectivity index (χ2v) is 5.80. The highest BCUT2D eigenvalue weighted by molar-refractivity contribution is 5.83. The Labute approximate surface area is 153 Å². The second-order valence-electron chi connectivity index (χ2n) is 5.80. The van der Waals surface area contributed by atoms with Crippen LogP contribution in [0.1, 0.15) is 11.1 Å². The number of hydrogen-bond acceptors (Lipinski definition) is 2. The van der Waals surface area contributed by atoms with Crippen LogP contribution in [0.3, 0.4) is 0 Å². The zero-order valence-corrected chi connectivity index (χ0v) is 14.2. The van der Waals surface area contributed by atoms with E-state index in [1.54, 1.807) is 12.2 Å². The van der Waals surface area contributed by atoms with Crippen molar-refractivity contribution in [2.24, 2.45) is 0 Å². The number of hydrogen-bond donors (Lipinski definition) is 0. The van der Waals surface area contributed by atoms with E-state index in [0.717, 1.165) is 12.1 Å². The van der Waals surface area contributed by atoms with E-state index in [4.69, 9.17) is 10.5 Å². The van der Waals surface area contributed by atoms with Gasteiger partial charge in [0.15, 0.2) is 0 Å². The molecule has 1 heterocycles. The zero-order valence-electron chi connectivity index (χ0n) is 14.2. The van der Waals surface area contributed by atoms with Crippen LogP contribution in [-0.4, -0.2) is 4.57 Å². The molecule has 1 aromatic heterocycles. The summed E-state index contributed by atoms with van der Waals surface area (Å²) in [6.07, 6.45) is 11.0. The largest absolute Gasteiger partial charge is 0.343 e. The Bertz CT molecular complexity index is 1050. The highest BCUT2D eigenvalue weighted by atomic mass is 14.9. The predicted molar refractivity (Wildman–Crippen MR) is 105 cm³/mol. The van der Waals surface area contributed by atoms with Gasteiger partial charge in [-0.05, 0) is 35.4 Å². The molecule has 0 aliphatic carbocycles. The van der Waals surface area contributed by atoms with Gasteiger partial charge in [-0.25, -0.2) is 0 Å². The van der Waals surface area contributed by atoms with Gasteiger partial charge in [-0.15, -0.1) is 0 Å². The molecule has 0 fully saturated rings. The van der Waals surface area contributed by atoms with Gasteiger partial charge >= 0.3 is 0 Å². The van der Waals surface area contributed by atoms with E-state index < -0.39 is 0 Å². The topological polar surface area (TPSA) is 52.5 Å². The second kappa shape index (κ2) is 8.33. The number of rotatable bonds is 5. The van der Waals surface area contributed by atoms with E-state index >= 15 is 0 Å². The summed E-state index contributed by atoms with van der Waals surface area (Å²) in [4.78, 5) is 0. The van der Waals surface area contributed by atoms with Crippen LogP contribution < -0.4 is 0 Å². The van der Waals surface area contributed by atoms with E-state index in [2.05, 4.69) is 59.3 Å². The lowest BCUT2D eigenvalue weighted by Crippen LogP contribution is -1.97. The molecule has 26 heavy (non-hydrogen) atoms. The van der Waals surface area contributed by atoms with Gasteiger partial charge in [0.1, 0.15) is 17.7 Å². The summed E-state index contributed by atoms with van der Waals surface area (Å²) in [5.41, 5.74) is 3.68. The van der Waals surface area contributed by atoms with Crippen molar-refractivity contribution in [1.29, 1.82) is 10.5 Å². The summed E-state index contributed by atoms with van der Waals surface area (Å²) < 4.78 is 2.24. The highest BCUT2D eigenvalue weighted by Gasteiger charge is 2.02. The van der Waals surface area contributed by atoms with Crippen molar-refractivity contribution in [2.75, 3.05) is 0 Å². The third kappa shape index (κ3) is 4.17. The first kappa shape index (κ1) is 17.0. The number of nitriles is 2. The molecule has 124 valence electrons. The summed E-state index contributed by atoms with van der Waals surface area (Å²) in [5.74, 6) is 0. The molecule has 3 aromatic rings. The van der Waals surface area contributed by atoms with E-state index in [9.17, 15) is 0 Å². The molecular formula is C23H17N3. The normalized spacial score (nSPS) is 10.8. The number of benzene rings is 2. The van der Waals surface area contributed by atoms with Gasteiger partial charge < -0.3 is 4.57 Å². The van der Waals surface area contributed by atoms with Gasteiger partial charge in [0.2, 0.25) is 0 Å².